The zero-order valence-electron chi connectivity index (χ0n) is 41.3. The van der Waals surface area contributed by atoms with Gasteiger partial charge in [0, 0.05) is 19.3 Å². The van der Waals surface area contributed by atoms with Crippen molar-refractivity contribution >= 4 is 17.9 Å². The lowest BCUT2D eigenvalue weighted by Crippen LogP contribution is -2.30. The predicted octanol–water partition coefficient (Wildman–Crippen LogP) is 17.4. The second kappa shape index (κ2) is 51.5. The molecule has 0 aromatic carbocycles. The van der Waals surface area contributed by atoms with Gasteiger partial charge < -0.3 is 14.2 Å². The molecule has 0 aromatic rings. The maximum absolute atomic E-state index is 12.8. The molecule has 0 bridgehead atoms. The van der Waals surface area contributed by atoms with Crippen LogP contribution in [0, 0.1) is 0 Å². The molecule has 0 unspecified atom stereocenters. The number of unbranched alkanes of at least 4 members (excludes halogenated alkanes) is 24. The molecule has 63 heavy (non-hydrogen) atoms. The first-order valence-electron chi connectivity index (χ1n) is 26.4. The summed E-state index contributed by atoms with van der Waals surface area (Å²) in [5, 5.41) is 0. The Morgan fingerprint density at radius 3 is 1.00 bits per heavy atom. The van der Waals surface area contributed by atoms with E-state index in [1.807, 2.05) is 0 Å². The van der Waals surface area contributed by atoms with E-state index in [1.54, 1.807) is 0 Å². The van der Waals surface area contributed by atoms with Gasteiger partial charge in [0.15, 0.2) is 6.10 Å². The molecule has 0 saturated heterocycles. The molecule has 0 heterocycles. The number of carbonyl (C=O) groups excluding carboxylic acids is 3. The van der Waals surface area contributed by atoms with E-state index in [9.17, 15) is 14.4 Å². The van der Waals surface area contributed by atoms with Crippen LogP contribution in [0.25, 0.3) is 0 Å². The molecule has 1 atom stereocenters. The van der Waals surface area contributed by atoms with Crippen molar-refractivity contribution in [3.05, 3.63) is 72.9 Å². The third-order valence-corrected chi connectivity index (χ3v) is 11.2. The van der Waals surface area contributed by atoms with Gasteiger partial charge in [0.2, 0.25) is 0 Å². The second-order valence-corrected chi connectivity index (χ2v) is 17.4. The van der Waals surface area contributed by atoms with Gasteiger partial charge in [-0.1, -0.05) is 216 Å². The summed E-state index contributed by atoms with van der Waals surface area (Å²) in [5.41, 5.74) is 0. The van der Waals surface area contributed by atoms with E-state index in [2.05, 4.69) is 93.7 Å². The Hall–Kier alpha value is -3.15. The van der Waals surface area contributed by atoms with Crippen molar-refractivity contribution in [3.63, 3.8) is 0 Å². The van der Waals surface area contributed by atoms with Crippen molar-refractivity contribution < 1.29 is 28.6 Å². The fourth-order valence-corrected chi connectivity index (χ4v) is 7.23. The summed E-state index contributed by atoms with van der Waals surface area (Å²) in [5.74, 6) is -0.924. The third kappa shape index (κ3) is 49.7. The van der Waals surface area contributed by atoms with Crippen LogP contribution in [0.3, 0.4) is 0 Å². The number of esters is 3. The fourth-order valence-electron chi connectivity index (χ4n) is 7.23. The van der Waals surface area contributed by atoms with Gasteiger partial charge in [-0.25, -0.2) is 0 Å². The summed E-state index contributed by atoms with van der Waals surface area (Å²) in [7, 11) is 0. The fraction of sp³-hybridized carbons (Fsp3) is 0.737. The van der Waals surface area contributed by atoms with Crippen LogP contribution in [-0.2, 0) is 28.6 Å². The van der Waals surface area contributed by atoms with E-state index in [0.717, 1.165) is 122 Å². The first-order valence-corrected chi connectivity index (χ1v) is 26.4. The topological polar surface area (TPSA) is 78.9 Å². The summed E-state index contributed by atoms with van der Waals surface area (Å²) in [4.78, 5) is 38.0. The molecular formula is C57H98O6. The number of ether oxygens (including phenoxy) is 3. The molecule has 0 aliphatic heterocycles. The monoisotopic (exact) mass is 879 g/mol. The van der Waals surface area contributed by atoms with E-state index in [0.29, 0.717) is 19.3 Å². The molecule has 0 N–H and O–H groups in total. The normalized spacial score (nSPS) is 12.6. The van der Waals surface area contributed by atoms with Crippen molar-refractivity contribution in [2.24, 2.45) is 0 Å². The molecule has 362 valence electrons. The van der Waals surface area contributed by atoms with Gasteiger partial charge in [-0.05, 0) is 89.9 Å². The summed E-state index contributed by atoms with van der Waals surface area (Å²) in [6, 6.07) is 0. The Labute approximate surface area is 389 Å². The highest BCUT2D eigenvalue weighted by Gasteiger charge is 2.19. The molecule has 0 aliphatic carbocycles. The first-order chi connectivity index (χ1) is 31.0. The zero-order valence-corrected chi connectivity index (χ0v) is 41.3. The highest BCUT2D eigenvalue weighted by molar-refractivity contribution is 5.71. The third-order valence-electron chi connectivity index (χ3n) is 11.2. The summed E-state index contributed by atoms with van der Waals surface area (Å²) >= 11 is 0. The van der Waals surface area contributed by atoms with Crippen LogP contribution in [0.4, 0.5) is 0 Å². The Balaban J connectivity index is 4.44. The minimum absolute atomic E-state index is 0.0883. The lowest BCUT2D eigenvalue weighted by atomic mass is 10.0. The average molecular weight is 879 g/mol. The Bertz CT molecular complexity index is 1190. The summed E-state index contributed by atoms with van der Waals surface area (Å²) < 4.78 is 16.8. The molecule has 0 saturated carbocycles. The SMILES string of the molecule is CC/C=C\C/C=C\C/C=C\CCCCCCCC(=O)O[C@H](COC(=O)CCCCCC/C=C\C/C=C\C/C=C\CCCCC)COC(=O)CCCCCCCCCCCCCCC. The summed E-state index contributed by atoms with van der Waals surface area (Å²) in [6.45, 7) is 6.47. The second-order valence-electron chi connectivity index (χ2n) is 17.4. The minimum Gasteiger partial charge on any atom is -0.462 e. The van der Waals surface area contributed by atoms with Crippen molar-refractivity contribution in [3.8, 4) is 0 Å². The molecule has 6 heteroatoms. The zero-order chi connectivity index (χ0) is 45.8. The van der Waals surface area contributed by atoms with Gasteiger partial charge in [0.1, 0.15) is 13.2 Å². The van der Waals surface area contributed by atoms with E-state index in [1.165, 1.54) is 89.9 Å². The lowest BCUT2D eigenvalue weighted by molar-refractivity contribution is -0.167. The van der Waals surface area contributed by atoms with Crippen molar-refractivity contribution in [2.45, 2.75) is 258 Å². The maximum Gasteiger partial charge on any atom is 0.306 e. The van der Waals surface area contributed by atoms with Crippen LogP contribution < -0.4 is 0 Å². The number of rotatable bonds is 47. The van der Waals surface area contributed by atoms with E-state index >= 15 is 0 Å². The molecule has 0 aliphatic rings. The molecule has 0 aromatic heterocycles. The van der Waals surface area contributed by atoms with Gasteiger partial charge in [-0.3, -0.25) is 14.4 Å². The van der Waals surface area contributed by atoms with Crippen LogP contribution in [0.1, 0.15) is 252 Å². The molecule has 6 nitrogen and oxygen atoms in total. The predicted molar refractivity (Wildman–Crippen MR) is 270 cm³/mol. The van der Waals surface area contributed by atoms with E-state index in [4.69, 9.17) is 14.2 Å². The summed E-state index contributed by atoms with van der Waals surface area (Å²) in [6.07, 6.45) is 64.5. The van der Waals surface area contributed by atoms with Crippen LogP contribution in [0.15, 0.2) is 72.9 Å². The molecule has 0 fully saturated rings. The van der Waals surface area contributed by atoms with Gasteiger partial charge in [-0.2, -0.15) is 0 Å². The number of carbonyl (C=O) groups is 3. The van der Waals surface area contributed by atoms with Crippen molar-refractivity contribution in [2.75, 3.05) is 13.2 Å². The average Bonchev–Trinajstić information content (AvgIpc) is 3.28. The van der Waals surface area contributed by atoms with E-state index in [-0.39, 0.29) is 31.1 Å². The van der Waals surface area contributed by atoms with Gasteiger partial charge >= 0.3 is 17.9 Å². The highest BCUT2D eigenvalue weighted by atomic mass is 16.6. The quantitative estimate of drug-likeness (QED) is 0.0262. The first kappa shape index (κ1) is 59.9. The molecule has 0 amide bonds. The van der Waals surface area contributed by atoms with Crippen LogP contribution in [-0.4, -0.2) is 37.2 Å². The standard InChI is InChI=1S/C57H98O6/c1-4-7-10-13-16-19-22-25-27-28-30-32-35-38-41-44-47-50-56(59)62-53-54(52-61-55(58)49-46-43-40-37-34-31-24-21-18-15-12-9-6-3)63-57(60)51-48-45-42-39-36-33-29-26-23-20-17-14-11-8-5-2/h8,11,16-17,19-20,25-27,29-30,32,54H,4-7,9-10,12-15,18,21-24,28,31,33-53H2,1-3H3/b11-8-,19-16-,20-17-,27-25-,29-26-,32-30-/t54-/m0/s1. The Kier molecular flexibility index (Phi) is 48.9. The Morgan fingerprint density at radius 1 is 0.333 bits per heavy atom. The molecule has 0 rings (SSSR count). The molecule has 0 radical (unpaired) electrons. The van der Waals surface area contributed by atoms with Gasteiger partial charge in [0.05, 0.1) is 0 Å². The Morgan fingerprint density at radius 2 is 0.619 bits per heavy atom. The maximum atomic E-state index is 12.8. The highest BCUT2D eigenvalue weighted by Crippen LogP contribution is 2.15. The van der Waals surface area contributed by atoms with Crippen molar-refractivity contribution in [1.82, 2.24) is 0 Å². The minimum atomic E-state index is -0.792. The number of hydrogen-bond donors (Lipinski definition) is 0. The van der Waals surface area contributed by atoms with Crippen LogP contribution in [0.2, 0.25) is 0 Å². The van der Waals surface area contributed by atoms with Crippen LogP contribution in [0.5, 0.6) is 0 Å². The number of hydrogen-bond acceptors (Lipinski definition) is 6. The lowest BCUT2D eigenvalue weighted by Gasteiger charge is -2.18. The largest absolute Gasteiger partial charge is 0.462 e. The van der Waals surface area contributed by atoms with Gasteiger partial charge in [-0.15, -0.1) is 0 Å². The van der Waals surface area contributed by atoms with Gasteiger partial charge in [0.25, 0.3) is 0 Å². The van der Waals surface area contributed by atoms with E-state index < -0.39 is 6.10 Å². The smallest absolute Gasteiger partial charge is 0.306 e. The molecule has 0 spiro atoms. The van der Waals surface area contributed by atoms with Crippen LogP contribution >= 0.6 is 0 Å². The molecular weight excluding hydrogens is 781 g/mol. The van der Waals surface area contributed by atoms with Crippen molar-refractivity contribution in [1.29, 1.82) is 0 Å². The number of allylic oxidation sites excluding steroid dienone is 12.